The molecule has 0 spiro atoms. The van der Waals surface area contributed by atoms with Crippen LogP contribution < -0.4 is 5.32 Å². The Kier molecular flexibility index (Phi) is 6.39. The van der Waals surface area contributed by atoms with E-state index in [1.807, 2.05) is 25.1 Å². The second-order valence-electron chi connectivity index (χ2n) is 4.74. The van der Waals surface area contributed by atoms with Gasteiger partial charge in [0.25, 0.3) is 0 Å². The molecule has 0 aliphatic rings. The SMILES string of the molecule is COC(=O)CC[C@@H](NC(=O)Cc1cccc(C)c1)C(=O)O. The molecule has 0 saturated carbocycles. The van der Waals surface area contributed by atoms with Gasteiger partial charge in [-0.1, -0.05) is 29.8 Å². The molecule has 0 heterocycles. The summed E-state index contributed by atoms with van der Waals surface area (Å²) in [6.07, 6.45) is 0.0451. The van der Waals surface area contributed by atoms with Crippen LogP contribution in [0.5, 0.6) is 0 Å². The summed E-state index contributed by atoms with van der Waals surface area (Å²) < 4.78 is 4.45. The van der Waals surface area contributed by atoms with Gasteiger partial charge in [0.1, 0.15) is 6.04 Å². The Morgan fingerprint density at radius 2 is 2.05 bits per heavy atom. The molecule has 0 unspecified atom stereocenters. The molecule has 0 fully saturated rings. The predicted molar refractivity (Wildman–Crippen MR) is 75.7 cm³/mol. The van der Waals surface area contributed by atoms with Crippen LogP contribution in [0, 0.1) is 6.92 Å². The number of carboxylic acid groups (broad SMARTS) is 1. The summed E-state index contributed by atoms with van der Waals surface area (Å²) in [6, 6.07) is 6.32. The second-order valence-corrected chi connectivity index (χ2v) is 4.74. The number of carboxylic acids is 1. The van der Waals surface area contributed by atoms with Crippen LogP contribution in [-0.4, -0.2) is 36.1 Å². The van der Waals surface area contributed by atoms with Crippen LogP contribution in [0.3, 0.4) is 0 Å². The normalized spacial score (nSPS) is 11.5. The van der Waals surface area contributed by atoms with Crippen LogP contribution in [0.4, 0.5) is 0 Å². The third-order valence-corrected chi connectivity index (χ3v) is 2.95. The zero-order chi connectivity index (χ0) is 15.8. The summed E-state index contributed by atoms with van der Waals surface area (Å²) in [5.41, 5.74) is 1.84. The maximum atomic E-state index is 11.9. The lowest BCUT2D eigenvalue weighted by molar-refractivity contribution is -0.144. The summed E-state index contributed by atoms with van der Waals surface area (Å²) in [4.78, 5) is 34.0. The van der Waals surface area contributed by atoms with Crippen molar-refractivity contribution in [1.82, 2.24) is 5.32 Å². The minimum atomic E-state index is -1.17. The van der Waals surface area contributed by atoms with Gasteiger partial charge in [-0.2, -0.15) is 0 Å². The van der Waals surface area contributed by atoms with Crippen molar-refractivity contribution in [3.05, 3.63) is 35.4 Å². The van der Waals surface area contributed by atoms with Crippen molar-refractivity contribution in [2.24, 2.45) is 0 Å². The van der Waals surface area contributed by atoms with Gasteiger partial charge in [0.05, 0.1) is 13.5 Å². The van der Waals surface area contributed by atoms with E-state index < -0.39 is 23.9 Å². The first-order valence-corrected chi connectivity index (χ1v) is 6.57. The monoisotopic (exact) mass is 293 g/mol. The first kappa shape index (κ1) is 16.7. The van der Waals surface area contributed by atoms with Gasteiger partial charge in [-0.15, -0.1) is 0 Å². The van der Waals surface area contributed by atoms with Crippen molar-refractivity contribution in [3.63, 3.8) is 0 Å². The average Bonchev–Trinajstić information content (AvgIpc) is 2.42. The number of methoxy groups -OCH3 is 1. The van der Waals surface area contributed by atoms with E-state index in [1.54, 1.807) is 6.07 Å². The number of aryl methyl sites for hydroxylation is 1. The van der Waals surface area contributed by atoms with Gasteiger partial charge in [0, 0.05) is 6.42 Å². The molecule has 0 aromatic heterocycles. The highest BCUT2D eigenvalue weighted by Crippen LogP contribution is 2.06. The molecule has 0 aliphatic carbocycles. The summed E-state index contributed by atoms with van der Waals surface area (Å²) in [5, 5.41) is 11.5. The van der Waals surface area contributed by atoms with Gasteiger partial charge in [0.15, 0.2) is 0 Å². The van der Waals surface area contributed by atoms with E-state index in [0.29, 0.717) is 0 Å². The third kappa shape index (κ3) is 6.07. The van der Waals surface area contributed by atoms with E-state index in [9.17, 15) is 14.4 Å². The Balaban J connectivity index is 2.56. The quantitative estimate of drug-likeness (QED) is 0.733. The molecule has 6 nitrogen and oxygen atoms in total. The number of benzene rings is 1. The molecule has 0 saturated heterocycles. The van der Waals surface area contributed by atoms with Gasteiger partial charge in [-0.25, -0.2) is 4.79 Å². The van der Waals surface area contributed by atoms with Gasteiger partial charge in [-0.05, 0) is 18.9 Å². The Hall–Kier alpha value is -2.37. The maximum Gasteiger partial charge on any atom is 0.326 e. The lowest BCUT2D eigenvalue weighted by Crippen LogP contribution is -2.41. The molecule has 1 amide bonds. The number of ether oxygens (including phenoxy) is 1. The number of amides is 1. The highest BCUT2D eigenvalue weighted by molar-refractivity contribution is 5.85. The molecule has 0 aliphatic heterocycles. The van der Waals surface area contributed by atoms with Crippen LogP contribution in [-0.2, 0) is 25.5 Å². The van der Waals surface area contributed by atoms with E-state index in [2.05, 4.69) is 10.1 Å². The van der Waals surface area contributed by atoms with Crippen molar-refractivity contribution in [2.75, 3.05) is 7.11 Å². The van der Waals surface area contributed by atoms with Crippen LogP contribution in [0.1, 0.15) is 24.0 Å². The fourth-order valence-corrected chi connectivity index (χ4v) is 1.87. The fourth-order valence-electron chi connectivity index (χ4n) is 1.87. The number of esters is 1. The Morgan fingerprint density at radius 1 is 1.33 bits per heavy atom. The Morgan fingerprint density at radius 3 is 2.62 bits per heavy atom. The Labute approximate surface area is 123 Å². The topological polar surface area (TPSA) is 92.7 Å². The first-order chi connectivity index (χ1) is 9.92. The molecule has 1 rings (SSSR count). The fraction of sp³-hybridized carbons (Fsp3) is 0.400. The minimum Gasteiger partial charge on any atom is -0.480 e. The summed E-state index contributed by atoms with van der Waals surface area (Å²) in [5.74, 6) is -2.07. The zero-order valence-electron chi connectivity index (χ0n) is 12.1. The molecule has 0 radical (unpaired) electrons. The number of carbonyl (C=O) groups excluding carboxylic acids is 2. The van der Waals surface area contributed by atoms with Crippen molar-refractivity contribution in [3.8, 4) is 0 Å². The number of aliphatic carboxylic acids is 1. The minimum absolute atomic E-state index is 0.00155. The largest absolute Gasteiger partial charge is 0.480 e. The molecule has 114 valence electrons. The highest BCUT2D eigenvalue weighted by Gasteiger charge is 2.21. The number of hydrogen-bond acceptors (Lipinski definition) is 4. The van der Waals surface area contributed by atoms with Crippen LogP contribution in [0.15, 0.2) is 24.3 Å². The smallest absolute Gasteiger partial charge is 0.326 e. The molecule has 2 N–H and O–H groups in total. The number of hydrogen-bond donors (Lipinski definition) is 2. The van der Waals surface area contributed by atoms with E-state index in [4.69, 9.17) is 5.11 Å². The van der Waals surface area contributed by atoms with Crippen molar-refractivity contribution in [2.45, 2.75) is 32.2 Å². The zero-order valence-corrected chi connectivity index (χ0v) is 12.1. The van der Waals surface area contributed by atoms with Gasteiger partial charge in [0.2, 0.25) is 5.91 Å². The number of rotatable bonds is 7. The van der Waals surface area contributed by atoms with Crippen molar-refractivity contribution >= 4 is 17.8 Å². The van der Waals surface area contributed by atoms with Crippen LogP contribution >= 0.6 is 0 Å². The third-order valence-electron chi connectivity index (χ3n) is 2.95. The number of nitrogens with one attached hydrogen (secondary N) is 1. The Bertz CT molecular complexity index is 527. The standard InChI is InChI=1S/C15H19NO5/c1-10-4-3-5-11(8-10)9-13(17)16-12(15(19)20)6-7-14(18)21-2/h3-5,8,12H,6-7,9H2,1-2H3,(H,16,17)(H,19,20)/t12-/m1/s1. The molecule has 21 heavy (non-hydrogen) atoms. The lowest BCUT2D eigenvalue weighted by atomic mass is 10.1. The first-order valence-electron chi connectivity index (χ1n) is 6.57. The summed E-state index contributed by atoms with van der Waals surface area (Å²) in [6.45, 7) is 1.91. The molecular weight excluding hydrogens is 274 g/mol. The predicted octanol–water partition coefficient (Wildman–Crippen LogP) is 1.06. The average molecular weight is 293 g/mol. The van der Waals surface area contributed by atoms with E-state index in [0.717, 1.165) is 11.1 Å². The van der Waals surface area contributed by atoms with Crippen molar-refractivity contribution in [1.29, 1.82) is 0 Å². The molecule has 1 atom stereocenters. The van der Waals surface area contributed by atoms with Gasteiger partial charge in [-0.3, -0.25) is 9.59 Å². The number of carbonyl (C=O) groups is 3. The van der Waals surface area contributed by atoms with Crippen LogP contribution in [0.25, 0.3) is 0 Å². The summed E-state index contributed by atoms with van der Waals surface area (Å²) in [7, 11) is 1.23. The van der Waals surface area contributed by atoms with E-state index >= 15 is 0 Å². The second kappa shape index (κ2) is 8.04. The van der Waals surface area contributed by atoms with Crippen molar-refractivity contribution < 1.29 is 24.2 Å². The molecule has 1 aromatic carbocycles. The van der Waals surface area contributed by atoms with E-state index in [-0.39, 0.29) is 19.3 Å². The summed E-state index contributed by atoms with van der Waals surface area (Å²) >= 11 is 0. The highest BCUT2D eigenvalue weighted by atomic mass is 16.5. The lowest BCUT2D eigenvalue weighted by Gasteiger charge is -2.14. The van der Waals surface area contributed by atoms with Gasteiger partial charge < -0.3 is 15.2 Å². The molecule has 0 bridgehead atoms. The molecule has 1 aromatic rings. The van der Waals surface area contributed by atoms with Gasteiger partial charge >= 0.3 is 11.9 Å². The molecule has 6 heteroatoms. The van der Waals surface area contributed by atoms with Crippen LogP contribution in [0.2, 0.25) is 0 Å². The maximum absolute atomic E-state index is 11.9. The molecular formula is C15H19NO5. The van der Waals surface area contributed by atoms with E-state index in [1.165, 1.54) is 7.11 Å².